The Labute approximate surface area is 815 Å². The number of anilines is 6. The van der Waals surface area contributed by atoms with Gasteiger partial charge in [0.1, 0.15) is 51.8 Å². The number of carbonyl (C=O) groups is 3. The summed E-state index contributed by atoms with van der Waals surface area (Å²) in [5.74, 6) is -8.16. The van der Waals surface area contributed by atoms with Crippen molar-refractivity contribution in [3.05, 3.63) is 262 Å². The molecule has 3 amide bonds. The molecule has 0 saturated carbocycles. The molecule has 18 rings (SSSR count). The minimum absolute atomic E-state index is 0.0431. The van der Waals surface area contributed by atoms with Gasteiger partial charge in [0, 0.05) is 142 Å². The number of carbonyl (C=O) groups excluding carboxylic acids is 3. The molecular formula is C105H109Cl3F6N16O9. The van der Waals surface area contributed by atoms with E-state index in [-0.39, 0.29) is 142 Å². The van der Waals surface area contributed by atoms with E-state index in [1.165, 1.54) is 105 Å². The zero-order chi connectivity index (χ0) is 100. The Hall–Kier alpha value is -13.4. The Kier molecular flexibility index (Phi) is 27.5. The van der Waals surface area contributed by atoms with Crippen LogP contribution in [0.4, 0.5) is 60.5 Å². The number of nitrogens with zero attached hydrogens (tertiary/aromatic N) is 15. The molecule has 25 nitrogen and oxygen atoms in total. The van der Waals surface area contributed by atoms with E-state index in [0.717, 1.165) is 13.0 Å². The molecule has 6 aromatic carbocycles. The van der Waals surface area contributed by atoms with Crippen LogP contribution in [-0.4, -0.2) is 211 Å². The van der Waals surface area contributed by atoms with Crippen LogP contribution in [0.5, 0.6) is 17.2 Å². The molecule has 6 aliphatic rings. The summed E-state index contributed by atoms with van der Waals surface area (Å²) < 4.78 is 105. The van der Waals surface area contributed by atoms with Gasteiger partial charge < -0.3 is 64.7 Å². The van der Waals surface area contributed by atoms with Gasteiger partial charge in [0.2, 0.25) is 17.7 Å². The lowest BCUT2D eigenvalue weighted by atomic mass is 9.95. The maximum atomic E-state index is 17.5. The number of benzene rings is 6. The molecule has 34 heteroatoms. The molecule has 6 unspecified atom stereocenters. The highest BCUT2D eigenvalue weighted by atomic mass is 35.5. The van der Waals surface area contributed by atoms with Crippen LogP contribution in [0.15, 0.2) is 162 Å². The number of likely N-dealkylation sites (N-methyl/N-ethyl adjacent to an activating group) is 1. The summed E-state index contributed by atoms with van der Waals surface area (Å²) in [6.07, 6.45) is 9.50. The minimum Gasteiger partial charge on any atom is -0.507 e. The highest BCUT2D eigenvalue weighted by Gasteiger charge is 2.47. The summed E-state index contributed by atoms with van der Waals surface area (Å²) >= 11 is 19.3. The van der Waals surface area contributed by atoms with Crippen LogP contribution < -0.4 is 46.5 Å². The zero-order valence-corrected chi connectivity index (χ0v) is 82.1. The third-order valence-electron chi connectivity index (χ3n) is 27.3. The van der Waals surface area contributed by atoms with Gasteiger partial charge in [-0.1, -0.05) is 114 Å². The number of rotatable bonds is 16. The van der Waals surface area contributed by atoms with Crippen LogP contribution in [0.1, 0.15) is 120 Å². The van der Waals surface area contributed by atoms with Crippen LogP contribution in [0.2, 0.25) is 15.1 Å². The SMILES string of the molecule is C=CC(=O)N1CC2CN(C)c3c(c4cc(F)c(-c5c(O)cccc5Cl)c(F)c4n(-c4c(C)ccnc4C(C)C)c3=O)N2CC1C.C=CC(=O)N1CC2CN(CCCN(C)C)c3c(c4cc(F)c(-c5c(O)cccc5Cl)c(F)c4n(-c4c(C)ccnc4C(C)C)c3=O)N2CC1C.C=CC(=O)N1CC2CNc3c(c4cc(F)c(-c5c(O)cccc5Cl)c(F)c4n(-c4c(C)ccnc4C(C)C)c3=O)N2CC1C. The second-order valence-corrected chi connectivity index (χ2v) is 39.0. The molecule has 139 heavy (non-hydrogen) atoms. The van der Waals surface area contributed by atoms with Crippen molar-refractivity contribution in [1.29, 1.82) is 0 Å². The first-order valence-corrected chi connectivity index (χ1v) is 47.3. The maximum Gasteiger partial charge on any atom is 0.281 e. The topological polar surface area (TPSA) is 258 Å². The second-order valence-electron chi connectivity index (χ2n) is 37.7. The van der Waals surface area contributed by atoms with Crippen molar-refractivity contribution in [2.75, 3.05) is 123 Å². The van der Waals surface area contributed by atoms with Gasteiger partial charge in [0.05, 0.1) is 118 Å². The molecule has 0 bridgehead atoms. The molecule has 12 heterocycles. The van der Waals surface area contributed by atoms with Crippen molar-refractivity contribution < 1.29 is 56.0 Å². The lowest BCUT2D eigenvalue weighted by molar-refractivity contribution is -0.129. The Morgan fingerprint density at radius 3 is 1.14 bits per heavy atom. The van der Waals surface area contributed by atoms with Gasteiger partial charge in [0.15, 0.2) is 17.5 Å². The van der Waals surface area contributed by atoms with E-state index >= 15 is 31.1 Å². The number of phenolic OH excluding ortho intramolecular Hbond substituents is 3. The predicted octanol–water partition coefficient (Wildman–Crippen LogP) is 18.8. The molecule has 726 valence electrons. The number of phenols is 3. The van der Waals surface area contributed by atoms with Gasteiger partial charge >= 0.3 is 0 Å². The number of aryl methyl sites for hydroxylation is 3. The number of nitrogens with one attached hydrogen (secondary N) is 1. The van der Waals surface area contributed by atoms with E-state index in [1.807, 2.05) is 117 Å². The molecule has 0 aliphatic carbocycles. The average molecular weight is 1960 g/mol. The fourth-order valence-electron chi connectivity index (χ4n) is 20.9. The van der Waals surface area contributed by atoms with Gasteiger partial charge in [-0.25, -0.2) is 26.3 Å². The summed E-state index contributed by atoms with van der Waals surface area (Å²) in [6.45, 7) is 38.1. The van der Waals surface area contributed by atoms with Gasteiger partial charge in [-0.2, -0.15) is 0 Å². The summed E-state index contributed by atoms with van der Waals surface area (Å²) in [5, 5.41) is 35.9. The van der Waals surface area contributed by atoms with Crippen LogP contribution in [-0.2, 0) is 14.4 Å². The Morgan fingerprint density at radius 2 is 0.784 bits per heavy atom. The molecule has 6 atom stereocenters. The summed E-state index contributed by atoms with van der Waals surface area (Å²) in [4.78, 5) is 114. The standard InChI is InChI=1S/C38H43ClF2N6O3.C34H34ClF2N5O3.C33H32ClF2N5O3/c1-8-29(49)45-20-24-19-44(16-10-15-43(6)7)37-36(46(24)18-23(45)5)25-17-27(40)31(30-26(39)11-9-12-28(30)48)32(41)35(25)47(38(37)50)34-22(4)13-14-42-33(34)21(2)3;1-7-25(44)40-16-20-15-39(6)33-32(41(20)14-19(40)5)21-13-23(36)27(26-22(35)9-8-10-24(26)43)28(37)31(21)42(34(33)45)30-18(4)11-12-38-29(30)17(2)3;1-6-24(43)39-15-19-13-38-29-32(40(19)14-18(39)5)20-12-22(35)26(25-21(34)8-7-9-23(25)42)27(36)31(20)41(33(29)44)30-17(4)10-11-37-28(30)16(2)3/h8-9,11-14,17,21,23-24,48H,1,10,15-16,18-20H2,2-7H3;7-13,17,19-20,43H,1,14-16H2,2-6H3;6-12,16,18-19,38,42H,1,13-15H2,2-5H3. The first-order valence-electron chi connectivity index (χ1n) is 46.2. The number of halogens is 9. The lowest BCUT2D eigenvalue weighted by Gasteiger charge is -2.52. The van der Waals surface area contributed by atoms with Crippen LogP contribution in [0.25, 0.3) is 83.2 Å². The first-order chi connectivity index (χ1) is 66.1. The average Bonchev–Trinajstić information content (AvgIpc) is 0.700. The van der Waals surface area contributed by atoms with Crippen molar-refractivity contribution in [2.24, 2.45) is 0 Å². The quantitative estimate of drug-likeness (QED) is 0.0518. The van der Waals surface area contributed by atoms with E-state index in [4.69, 9.17) is 34.8 Å². The number of hydrogen-bond donors (Lipinski definition) is 4. The van der Waals surface area contributed by atoms with Crippen LogP contribution >= 0.6 is 34.8 Å². The van der Waals surface area contributed by atoms with Crippen LogP contribution in [0, 0.1) is 55.7 Å². The molecule has 3 fully saturated rings. The summed E-state index contributed by atoms with van der Waals surface area (Å²) in [7, 11) is 5.73. The van der Waals surface area contributed by atoms with E-state index in [9.17, 15) is 39.3 Å². The maximum absolute atomic E-state index is 17.5. The molecule has 0 spiro atoms. The van der Waals surface area contributed by atoms with Gasteiger partial charge in [-0.05, 0) is 194 Å². The molecule has 12 aromatic rings. The predicted molar refractivity (Wildman–Crippen MR) is 539 cm³/mol. The molecule has 0 radical (unpaired) electrons. The molecule has 6 aliphatic heterocycles. The van der Waals surface area contributed by atoms with E-state index in [2.05, 4.69) is 44.9 Å². The number of amides is 3. The van der Waals surface area contributed by atoms with E-state index in [1.54, 1.807) is 63.4 Å². The summed E-state index contributed by atoms with van der Waals surface area (Å²) in [6, 6.07) is 20.0. The van der Waals surface area contributed by atoms with Crippen molar-refractivity contribution >= 4 is 119 Å². The molecule has 3 saturated heterocycles. The normalized spacial score (nSPS) is 17.7. The minimum atomic E-state index is -1.04. The Morgan fingerprint density at radius 1 is 0.453 bits per heavy atom. The van der Waals surface area contributed by atoms with Crippen molar-refractivity contribution in [1.82, 2.24) is 48.3 Å². The monoisotopic (exact) mass is 1960 g/mol. The van der Waals surface area contributed by atoms with E-state index in [0.29, 0.717) is 145 Å². The molecule has 6 aromatic heterocycles. The lowest BCUT2D eigenvalue weighted by Crippen LogP contribution is -2.64. The highest BCUT2D eigenvalue weighted by Crippen LogP contribution is 2.53. The van der Waals surface area contributed by atoms with Gasteiger partial charge in [0.25, 0.3) is 16.7 Å². The van der Waals surface area contributed by atoms with Gasteiger partial charge in [-0.15, -0.1) is 0 Å². The van der Waals surface area contributed by atoms with Crippen molar-refractivity contribution in [3.8, 4) is 67.7 Å². The Bertz CT molecular complexity index is 7230. The van der Waals surface area contributed by atoms with Crippen LogP contribution in [0.3, 0.4) is 0 Å². The Balaban J connectivity index is 0.000000151. The number of aromatic hydroxyl groups is 3. The third-order valence-corrected chi connectivity index (χ3v) is 28.3. The largest absolute Gasteiger partial charge is 0.507 e. The van der Waals surface area contributed by atoms with Crippen molar-refractivity contribution in [2.45, 2.75) is 144 Å². The molecule has 4 N–H and O–H groups in total. The fraction of sp³-hybridized carbons (Fsp3) is 0.343. The number of hydrogen-bond acceptors (Lipinski definition) is 19. The fourth-order valence-corrected chi connectivity index (χ4v) is 21.7. The number of fused-ring (bicyclic) bond motifs is 15. The highest BCUT2D eigenvalue weighted by molar-refractivity contribution is 6.35. The number of aromatic nitrogens is 6. The second kappa shape index (κ2) is 38.8. The smallest absolute Gasteiger partial charge is 0.281 e. The van der Waals surface area contributed by atoms with Crippen molar-refractivity contribution in [3.63, 3.8) is 0 Å². The summed E-state index contributed by atoms with van der Waals surface area (Å²) in [5.41, 5.74) is 2.82. The number of pyridine rings is 6. The zero-order valence-electron chi connectivity index (χ0n) is 79.8. The van der Waals surface area contributed by atoms with Gasteiger partial charge in [-0.3, -0.25) is 57.4 Å². The van der Waals surface area contributed by atoms with E-state index < -0.39 is 85.5 Å². The molecular weight excluding hydrogens is 1850 g/mol. The third kappa shape index (κ3) is 17.0. The first kappa shape index (κ1) is 98.7. The number of piperazine rings is 3.